The second kappa shape index (κ2) is 7.62. The Balaban J connectivity index is 1.76. The van der Waals surface area contributed by atoms with Crippen LogP contribution in [0.15, 0.2) is 48.7 Å². The summed E-state index contributed by atoms with van der Waals surface area (Å²) in [6.07, 6.45) is 2.80. The van der Waals surface area contributed by atoms with E-state index in [0.29, 0.717) is 6.54 Å². The van der Waals surface area contributed by atoms with Gasteiger partial charge in [-0.05, 0) is 55.2 Å². The zero-order valence-corrected chi connectivity index (χ0v) is 14.9. The third kappa shape index (κ3) is 3.97. The Morgan fingerprint density at radius 3 is 2.52 bits per heavy atom. The molecule has 3 aromatic rings. The van der Waals surface area contributed by atoms with Crippen LogP contribution < -0.4 is 5.32 Å². The molecule has 3 rings (SSSR count). The molecular weight excluding hydrogens is 313 g/mol. The average molecular weight is 337 g/mol. The molecule has 1 heterocycles. The van der Waals surface area contributed by atoms with Gasteiger partial charge in [-0.15, -0.1) is 0 Å². The number of hydrogen-bond donors (Lipinski definition) is 2. The predicted octanol–water partition coefficient (Wildman–Crippen LogP) is 5.07. The highest BCUT2D eigenvalue weighted by Gasteiger charge is 2.12. The van der Waals surface area contributed by atoms with Gasteiger partial charge in [0.2, 0.25) is 0 Å². The molecule has 0 fully saturated rings. The second-order valence-corrected chi connectivity index (χ2v) is 6.46. The number of aromatic amines is 1. The van der Waals surface area contributed by atoms with E-state index in [4.69, 9.17) is 0 Å². The summed E-state index contributed by atoms with van der Waals surface area (Å²) in [6, 6.07) is 13.3. The van der Waals surface area contributed by atoms with Gasteiger partial charge in [0.05, 0.1) is 11.9 Å². The van der Waals surface area contributed by atoms with Gasteiger partial charge in [-0.1, -0.05) is 31.2 Å². The van der Waals surface area contributed by atoms with Crippen LogP contribution in [0.4, 0.5) is 4.39 Å². The molecule has 4 heteroatoms. The van der Waals surface area contributed by atoms with E-state index >= 15 is 0 Å². The quantitative estimate of drug-likeness (QED) is 0.659. The molecule has 25 heavy (non-hydrogen) atoms. The fourth-order valence-corrected chi connectivity index (χ4v) is 3.02. The van der Waals surface area contributed by atoms with E-state index < -0.39 is 0 Å². The Labute approximate surface area is 148 Å². The Hall–Kier alpha value is -2.46. The molecule has 0 bridgehead atoms. The van der Waals surface area contributed by atoms with Crippen LogP contribution in [0.3, 0.4) is 0 Å². The van der Waals surface area contributed by atoms with Crippen LogP contribution in [0.1, 0.15) is 41.6 Å². The number of H-pyrrole nitrogens is 1. The molecule has 3 nitrogen and oxygen atoms in total. The number of halogens is 1. The molecule has 2 aromatic carbocycles. The molecule has 130 valence electrons. The van der Waals surface area contributed by atoms with Crippen molar-refractivity contribution in [2.75, 3.05) is 0 Å². The maximum Gasteiger partial charge on any atom is 0.123 e. The second-order valence-electron chi connectivity index (χ2n) is 6.46. The van der Waals surface area contributed by atoms with Gasteiger partial charge in [-0.25, -0.2) is 4.39 Å². The fourth-order valence-electron chi connectivity index (χ4n) is 3.02. The molecule has 0 saturated heterocycles. The molecule has 1 aromatic heterocycles. The maximum absolute atomic E-state index is 13.1. The number of aryl methyl sites for hydroxylation is 2. The number of rotatable bonds is 6. The molecule has 0 spiro atoms. The lowest BCUT2D eigenvalue weighted by atomic mass is 10.0. The Kier molecular flexibility index (Phi) is 5.29. The van der Waals surface area contributed by atoms with Crippen LogP contribution in [0.25, 0.3) is 11.3 Å². The van der Waals surface area contributed by atoms with Gasteiger partial charge in [-0.3, -0.25) is 5.10 Å². The lowest BCUT2D eigenvalue weighted by Crippen LogP contribution is -2.20. The van der Waals surface area contributed by atoms with Crippen LogP contribution in [-0.4, -0.2) is 10.2 Å². The summed E-state index contributed by atoms with van der Waals surface area (Å²) in [4.78, 5) is 0. The van der Waals surface area contributed by atoms with Gasteiger partial charge in [0.15, 0.2) is 0 Å². The van der Waals surface area contributed by atoms with Gasteiger partial charge in [0, 0.05) is 23.7 Å². The summed E-state index contributed by atoms with van der Waals surface area (Å²) < 4.78 is 13.1. The van der Waals surface area contributed by atoms with E-state index in [1.807, 2.05) is 18.3 Å². The molecule has 0 amide bonds. The third-order valence-electron chi connectivity index (χ3n) is 4.73. The van der Waals surface area contributed by atoms with E-state index in [1.165, 1.54) is 23.3 Å². The Morgan fingerprint density at radius 1 is 1.08 bits per heavy atom. The lowest BCUT2D eigenvalue weighted by molar-refractivity contribution is 0.518. The van der Waals surface area contributed by atoms with Crippen molar-refractivity contribution in [2.45, 2.75) is 39.8 Å². The lowest BCUT2D eigenvalue weighted by Gasteiger charge is -2.17. The monoisotopic (exact) mass is 337 g/mol. The zero-order valence-electron chi connectivity index (χ0n) is 14.9. The molecule has 0 aliphatic rings. The first kappa shape index (κ1) is 17.4. The molecular formula is C21H24FN3. The predicted molar refractivity (Wildman–Crippen MR) is 99.8 cm³/mol. The van der Waals surface area contributed by atoms with Crippen LogP contribution >= 0.6 is 0 Å². The summed E-state index contributed by atoms with van der Waals surface area (Å²) in [7, 11) is 0. The molecule has 2 N–H and O–H groups in total. The summed E-state index contributed by atoms with van der Waals surface area (Å²) in [5.74, 6) is -0.203. The first-order chi connectivity index (χ1) is 12.1. The number of benzene rings is 2. The largest absolute Gasteiger partial charge is 0.306 e. The minimum atomic E-state index is -0.203. The third-order valence-corrected chi connectivity index (χ3v) is 4.73. The Bertz CT molecular complexity index is 837. The van der Waals surface area contributed by atoms with Crippen molar-refractivity contribution in [3.63, 3.8) is 0 Å². The van der Waals surface area contributed by atoms with E-state index in [0.717, 1.165) is 28.8 Å². The first-order valence-corrected chi connectivity index (χ1v) is 8.67. The number of nitrogens with one attached hydrogen (secondary N) is 2. The SMILES string of the molecule is CCC(NCc1cn[nH]c1-c1ccc(C)c(C)c1)c1ccc(F)cc1. The zero-order chi connectivity index (χ0) is 17.8. The summed E-state index contributed by atoms with van der Waals surface area (Å²) in [6.45, 7) is 7.06. The number of nitrogens with zero attached hydrogens (tertiary/aromatic N) is 1. The van der Waals surface area contributed by atoms with Gasteiger partial charge in [0.25, 0.3) is 0 Å². The van der Waals surface area contributed by atoms with Crippen molar-refractivity contribution < 1.29 is 4.39 Å². The average Bonchev–Trinajstić information content (AvgIpc) is 3.08. The number of aromatic nitrogens is 2. The first-order valence-electron chi connectivity index (χ1n) is 8.67. The van der Waals surface area contributed by atoms with Crippen LogP contribution in [0, 0.1) is 19.7 Å². The van der Waals surface area contributed by atoms with E-state index in [-0.39, 0.29) is 11.9 Å². The summed E-state index contributed by atoms with van der Waals surface area (Å²) in [5.41, 5.74) is 6.97. The minimum absolute atomic E-state index is 0.183. The van der Waals surface area contributed by atoms with Crippen molar-refractivity contribution >= 4 is 0 Å². The topological polar surface area (TPSA) is 40.7 Å². The maximum atomic E-state index is 13.1. The highest BCUT2D eigenvalue weighted by molar-refractivity contribution is 5.64. The van der Waals surface area contributed by atoms with E-state index in [2.05, 4.69) is 54.5 Å². The molecule has 1 unspecified atom stereocenters. The number of hydrogen-bond acceptors (Lipinski definition) is 2. The molecule has 0 radical (unpaired) electrons. The van der Waals surface area contributed by atoms with Crippen molar-refractivity contribution in [3.05, 3.63) is 76.7 Å². The fraction of sp³-hybridized carbons (Fsp3) is 0.286. The van der Waals surface area contributed by atoms with Crippen molar-refractivity contribution in [1.82, 2.24) is 15.5 Å². The van der Waals surface area contributed by atoms with Gasteiger partial charge < -0.3 is 5.32 Å². The highest BCUT2D eigenvalue weighted by Crippen LogP contribution is 2.25. The Morgan fingerprint density at radius 2 is 1.84 bits per heavy atom. The minimum Gasteiger partial charge on any atom is -0.306 e. The highest BCUT2D eigenvalue weighted by atomic mass is 19.1. The normalized spacial score (nSPS) is 12.3. The van der Waals surface area contributed by atoms with Gasteiger partial charge in [-0.2, -0.15) is 5.10 Å². The summed E-state index contributed by atoms with van der Waals surface area (Å²) in [5, 5.41) is 10.9. The standard InChI is InChI=1S/C21H24FN3/c1-4-20(16-7-9-19(22)10-8-16)23-12-18-13-24-25-21(18)17-6-5-14(2)15(3)11-17/h5-11,13,20,23H,4,12H2,1-3H3,(H,24,25). The van der Waals surface area contributed by atoms with Gasteiger partial charge in [0.1, 0.15) is 5.82 Å². The van der Waals surface area contributed by atoms with E-state index in [1.54, 1.807) is 0 Å². The van der Waals surface area contributed by atoms with Crippen molar-refractivity contribution in [3.8, 4) is 11.3 Å². The smallest absolute Gasteiger partial charge is 0.123 e. The van der Waals surface area contributed by atoms with Crippen LogP contribution in [-0.2, 0) is 6.54 Å². The molecule has 0 saturated carbocycles. The van der Waals surface area contributed by atoms with E-state index in [9.17, 15) is 4.39 Å². The van der Waals surface area contributed by atoms with Crippen LogP contribution in [0.5, 0.6) is 0 Å². The molecule has 0 aliphatic carbocycles. The van der Waals surface area contributed by atoms with Crippen molar-refractivity contribution in [1.29, 1.82) is 0 Å². The summed E-state index contributed by atoms with van der Waals surface area (Å²) >= 11 is 0. The molecule has 1 atom stereocenters. The van der Waals surface area contributed by atoms with Gasteiger partial charge >= 0.3 is 0 Å². The molecule has 0 aliphatic heterocycles. The van der Waals surface area contributed by atoms with Crippen molar-refractivity contribution in [2.24, 2.45) is 0 Å². The van der Waals surface area contributed by atoms with Crippen LogP contribution in [0.2, 0.25) is 0 Å².